The summed E-state index contributed by atoms with van der Waals surface area (Å²) in [4.78, 5) is 14.3. The normalized spacial score (nSPS) is 19.9. The zero-order chi connectivity index (χ0) is 14.7. The lowest BCUT2D eigenvalue weighted by molar-refractivity contribution is -0.124. The third-order valence-electron chi connectivity index (χ3n) is 3.71. The van der Waals surface area contributed by atoms with Gasteiger partial charge in [0.2, 0.25) is 5.91 Å². The predicted molar refractivity (Wildman–Crippen MR) is 91.4 cm³/mol. The number of nitrogens with two attached hydrogens (primary N) is 1. The molecule has 0 unspecified atom stereocenters. The van der Waals surface area contributed by atoms with Crippen molar-refractivity contribution < 1.29 is 9.53 Å². The molecule has 1 rings (SSSR count). The maximum Gasteiger partial charge on any atom is 0.237 e. The Balaban J connectivity index is 0. The van der Waals surface area contributed by atoms with Crippen LogP contribution >= 0.6 is 24.8 Å². The maximum atomic E-state index is 11.9. The van der Waals surface area contributed by atoms with Gasteiger partial charge in [0.1, 0.15) is 0 Å². The fourth-order valence-electron chi connectivity index (χ4n) is 2.12. The topological polar surface area (TPSA) is 67.6 Å². The van der Waals surface area contributed by atoms with Gasteiger partial charge in [-0.1, -0.05) is 20.8 Å². The molecule has 1 fully saturated rings. The van der Waals surface area contributed by atoms with Crippen LogP contribution in [-0.2, 0) is 9.53 Å². The molecule has 1 saturated heterocycles. The molecule has 0 aromatic carbocycles. The third kappa shape index (κ3) is 7.15. The molecule has 3 N–H and O–H groups in total. The molecule has 0 aliphatic carbocycles. The van der Waals surface area contributed by atoms with Gasteiger partial charge in [-0.05, 0) is 19.3 Å². The van der Waals surface area contributed by atoms with E-state index in [1.165, 1.54) is 0 Å². The van der Waals surface area contributed by atoms with Crippen LogP contribution in [-0.4, -0.2) is 55.2 Å². The summed E-state index contributed by atoms with van der Waals surface area (Å²) in [7, 11) is 0. The third-order valence-corrected chi connectivity index (χ3v) is 3.71. The Hall–Kier alpha value is -0.0700. The summed E-state index contributed by atoms with van der Waals surface area (Å²) in [5.41, 5.74) is 5.75. The number of hydrogen-bond acceptors (Lipinski definition) is 4. The van der Waals surface area contributed by atoms with E-state index in [0.29, 0.717) is 6.54 Å². The van der Waals surface area contributed by atoms with Gasteiger partial charge < -0.3 is 15.8 Å². The zero-order valence-electron chi connectivity index (χ0n) is 13.8. The molecule has 128 valence electrons. The highest BCUT2D eigenvalue weighted by Crippen LogP contribution is 2.18. The fraction of sp³-hybridized carbons (Fsp3) is 0.929. The van der Waals surface area contributed by atoms with Gasteiger partial charge in [0, 0.05) is 25.2 Å². The van der Waals surface area contributed by atoms with E-state index in [-0.39, 0.29) is 41.7 Å². The number of rotatable bonds is 4. The van der Waals surface area contributed by atoms with Gasteiger partial charge in [0.05, 0.1) is 19.3 Å². The Morgan fingerprint density at radius 2 is 1.95 bits per heavy atom. The highest BCUT2D eigenvalue weighted by molar-refractivity contribution is 5.85. The first kappa shape index (κ1) is 23.2. The standard InChI is InChI=1S/C14H29N3O2.2ClH/c1-13(2,3)11(15)12(18)16-6-7-17-8-9-19-10-14(17,4)5;;/h11H,6-10,15H2,1-5H3,(H,16,18);2*1H/t11-;;/m1../s1. The average Bonchev–Trinajstić information content (AvgIpc) is 2.28. The quantitative estimate of drug-likeness (QED) is 0.810. The minimum absolute atomic E-state index is 0. The lowest BCUT2D eigenvalue weighted by Crippen LogP contribution is -2.56. The minimum atomic E-state index is -0.467. The van der Waals surface area contributed by atoms with Crippen LogP contribution in [0.3, 0.4) is 0 Å². The summed E-state index contributed by atoms with van der Waals surface area (Å²) in [6.45, 7) is 14.1. The van der Waals surface area contributed by atoms with Crippen molar-refractivity contribution in [1.82, 2.24) is 10.2 Å². The maximum absolute atomic E-state index is 11.9. The summed E-state index contributed by atoms with van der Waals surface area (Å²) >= 11 is 0. The average molecular weight is 344 g/mol. The van der Waals surface area contributed by atoms with Crippen molar-refractivity contribution in [3.05, 3.63) is 0 Å². The number of halogens is 2. The highest BCUT2D eigenvalue weighted by atomic mass is 35.5. The number of amides is 1. The van der Waals surface area contributed by atoms with Crippen molar-refractivity contribution in [3.63, 3.8) is 0 Å². The molecule has 5 nitrogen and oxygen atoms in total. The van der Waals surface area contributed by atoms with Crippen LogP contribution in [0.1, 0.15) is 34.6 Å². The van der Waals surface area contributed by atoms with Crippen molar-refractivity contribution >= 4 is 30.7 Å². The number of morpholine rings is 1. The van der Waals surface area contributed by atoms with E-state index in [0.717, 1.165) is 26.3 Å². The van der Waals surface area contributed by atoms with Crippen LogP contribution in [0.15, 0.2) is 0 Å². The number of ether oxygens (including phenoxy) is 1. The van der Waals surface area contributed by atoms with E-state index >= 15 is 0 Å². The first-order valence-corrected chi connectivity index (χ1v) is 7.01. The molecule has 1 atom stereocenters. The molecule has 1 heterocycles. The van der Waals surface area contributed by atoms with Gasteiger partial charge in [-0.25, -0.2) is 0 Å². The molecular formula is C14H31Cl2N3O2. The fourth-order valence-corrected chi connectivity index (χ4v) is 2.12. The van der Waals surface area contributed by atoms with E-state index in [9.17, 15) is 4.79 Å². The molecular weight excluding hydrogens is 313 g/mol. The van der Waals surface area contributed by atoms with Gasteiger partial charge >= 0.3 is 0 Å². The lowest BCUT2D eigenvalue weighted by Gasteiger charge is -2.42. The van der Waals surface area contributed by atoms with Crippen LogP contribution in [0, 0.1) is 5.41 Å². The van der Waals surface area contributed by atoms with Crippen LogP contribution in [0.5, 0.6) is 0 Å². The Bertz CT molecular complexity index is 320. The first-order valence-electron chi connectivity index (χ1n) is 7.01. The van der Waals surface area contributed by atoms with E-state index in [1.807, 2.05) is 20.8 Å². The summed E-state index contributed by atoms with van der Waals surface area (Å²) in [6.07, 6.45) is 0. The van der Waals surface area contributed by atoms with Gasteiger partial charge in [-0.3, -0.25) is 9.69 Å². The Morgan fingerprint density at radius 3 is 2.43 bits per heavy atom. The molecule has 7 heteroatoms. The van der Waals surface area contributed by atoms with E-state index in [1.54, 1.807) is 0 Å². The molecule has 0 radical (unpaired) electrons. The van der Waals surface area contributed by atoms with Crippen molar-refractivity contribution in [2.75, 3.05) is 32.8 Å². The minimum Gasteiger partial charge on any atom is -0.378 e. The highest BCUT2D eigenvalue weighted by Gasteiger charge is 2.31. The van der Waals surface area contributed by atoms with Crippen LogP contribution in [0.2, 0.25) is 0 Å². The second-order valence-corrected chi connectivity index (χ2v) is 6.99. The molecule has 21 heavy (non-hydrogen) atoms. The first-order chi connectivity index (χ1) is 8.64. The molecule has 1 aliphatic rings. The van der Waals surface area contributed by atoms with E-state index in [4.69, 9.17) is 10.5 Å². The largest absolute Gasteiger partial charge is 0.378 e. The number of hydrogen-bond donors (Lipinski definition) is 2. The molecule has 0 spiro atoms. The van der Waals surface area contributed by atoms with E-state index in [2.05, 4.69) is 24.1 Å². The van der Waals surface area contributed by atoms with Crippen LogP contribution < -0.4 is 11.1 Å². The SMILES string of the molecule is CC(C)(C)[C@H](N)C(=O)NCCN1CCOCC1(C)C.Cl.Cl. The number of nitrogens with one attached hydrogen (secondary N) is 1. The van der Waals surface area contributed by atoms with Crippen molar-refractivity contribution in [3.8, 4) is 0 Å². The van der Waals surface area contributed by atoms with Crippen LogP contribution in [0.25, 0.3) is 0 Å². The molecule has 0 saturated carbocycles. The molecule has 0 aromatic heterocycles. The van der Waals surface area contributed by atoms with Gasteiger partial charge in [-0.2, -0.15) is 0 Å². The molecule has 0 aromatic rings. The molecule has 0 bridgehead atoms. The van der Waals surface area contributed by atoms with Gasteiger partial charge in [0.25, 0.3) is 0 Å². The Kier molecular flexibility index (Phi) is 10.1. The Labute approximate surface area is 141 Å². The van der Waals surface area contributed by atoms with E-state index < -0.39 is 6.04 Å². The number of nitrogens with zero attached hydrogens (tertiary/aromatic N) is 1. The van der Waals surface area contributed by atoms with Gasteiger partial charge in [0.15, 0.2) is 0 Å². The van der Waals surface area contributed by atoms with Crippen molar-refractivity contribution in [2.24, 2.45) is 11.1 Å². The van der Waals surface area contributed by atoms with Crippen LogP contribution in [0.4, 0.5) is 0 Å². The predicted octanol–water partition coefficient (Wildman–Crippen LogP) is 1.43. The monoisotopic (exact) mass is 343 g/mol. The summed E-state index contributed by atoms with van der Waals surface area (Å²) in [5.74, 6) is -0.0708. The smallest absolute Gasteiger partial charge is 0.237 e. The zero-order valence-corrected chi connectivity index (χ0v) is 15.4. The van der Waals surface area contributed by atoms with Crippen molar-refractivity contribution in [1.29, 1.82) is 0 Å². The second kappa shape index (κ2) is 9.16. The lowest BCUT2D eigenvalue weighted by atomic mass is 9.87. The summed E-state index contributed by atoms with van der Waals surface area (Å²) in [6, 6.07) is -0.467. The number of carbonyl (C=O) groups is 1. The molecule has 1 aliphatic heterocycles. The van der Waals surface area contributed by atoms with Crippen molar-refractivity contribution in [2.45, 2.75) is 46.2 Å². The summed E-state index contributed by atoms with van der Waals surface area (Å²) in [5, 5.41) is 2.93. The van der Waals surface area contributed by atoms with Gasteiger partial charge in [-0.15, -0.1) is 24.8 Å². The number of carbonyl (C=O) groups excluding carboxylic acids is 1. The molecule has 1 amide bonds. The second-order valence-electron chi connectivity index (χ2n) is 6.99. The summed E-state index contributed by atoms with van der Waals surface area (Å²) < 4.78 is 5.48. The Morgan fingerprint density at radius 1 is 1.38 bits per heavy atom.